The van der Waals surface area contributed by atoms with Crippen molar-refractivity contribution in [3.63, 3.8) is 0 Å². The normalized spacial score (nSPS) is 14.5. The fourth-order valence-corrected chi connectivity index (χ4v) is 3.73. The van der Waals surface area contributed by atoms with Gasteiger partial charge in [0.15, 0.2) is 0 Å². The van der Waals surface area contributed by atoms with Gasteiger partial charge in [-0.05, 0) is 36.6 Å². The summed E-state index contributed by atoms with van der Waals surface area (Å²) in [5, 5.41) is 3.78. The number of nitrogens with zero attached hydrogens (tertiary/aromatic N) is 2. The van der Waals surface area contributed by atoms with Gasteiger partial charge in [0, 0.05) is 31.5 Å². The molecule has 0 spiro atoms. The van der Waals surface area contributed by atoms with E-state index in [1.54, 1.807) is 12.3 Å². The molecule has 148 valence electrons. The first-order valence-electron chi connectivity index (χ1n) is 9.25. The summed E-state index contributed by atoms with van der Waals surface area (Å²) in [6.45, 7) is 2.08. The number of aromatic nitrogens is 1. The highest BCUT2D eigenvalue weighted by Gasteiger charge is 2.13. The SMILES string of the molecule is O=C(CCNS(=O)(=O)/C=C/c1ccccc1)Nc1ccc(N2CCCC2)cn1. The van der Waals surface area contributed by atoms with Crippen LogP contribution in [-0.4, -0.2) is 38.9 Å². The Kier molecular flexibility index (Phi) is 6.78. The van der Waals surface area contributed by atoms with Crippen molar-refractivity contribution in [2.45, 2.75) is 19.3 Å². The van der Waals surface area contributed by atoms with Crippen LogP contribution in [0.25, 0.3) is 6.08 Å². The number of hydrogen-bond donors (Lipinski definition) is 2. The molecule has 7 nitrogen and oxygen atoms in total. The van der Waals surface area contributed by atoms with Gasteiger partial charge < -0.3 is 10.2 Å². The van der Waals surface area contributed by atoms with Gasteiger partial charge in [-0.15, -0.1) is 0 Å². The van der Waals surface area contributed by atoms with Crippen LogP contribution in [0.5, 0.6) is 0 Å². The lowest BCUT2D eigenvalue weighted by molar-refractivity contribution is -0.116. The standard InChI is InChI=1S/C20H24N4O3S/c25-20(23-19-9-8-18(16-21-19)24-13-4-5-14-24)10-12-22-28(26,27)15-11-17-6-2-1-3-7-17/h1-3,6-9,11,15-16,22H,4-5,10,12-14H2,(H,21,23,25)/b15-11+. The second-order valence-corrected chi connectivity index (χ2v) is 8.20. The fourth-order valence-electron chi connectivity index (χ4n) is 2.91. The number of hydrogen-bond acceptors (Lipinski definition) is 5. The molecule has 8 heteroatoms. The van der Waals surface area contributed by atoms with Gasteiger partial charge in [0.1, 0.15) is 5.82 Å². The Balaban J connectivity index is 1.43. The summed E-state index contributed by atoms with van der Waals surface area (Å²) in [6.07, 6.45) is 5.66. The Hall–Kier alpha value is -2.71. The molecule has 0 atom stereocenters. The highest BCUT2D eigenvalue weighted by atomic mass is 32.2. The van der Waals surface area contributed by atoms with Crippen LogP contribution in [0.4, 0.5) is 11.5 Å². The number of amides is 1. The Morgan fingerprint density at radius 3 is 2.54 bits per heavy atom. The maximum Gasteiger partial charge on any atom is 0.233 e. The molecule has 1 aromatic carbocycles. The molecule has 0 saturated carbocycles. The van der Waals surface area contributed by atoms with Gasteiger partial charge in [-0.2, -0.15) is 0 Å². The zero-order valence-electron chi connectivity index (χ0n) is 15.5. The van der Waals surface area contributed by atoms with E-state index in [0.29, 0.717) is 5.82 Å². The molecule has 1 amide bonds. The zero-order chi connectivity index (χ0) is 19.8. The molecular weight excluding hydrogens is 376 g/mol. The number of benzene rings is 1. The average molecular weight is 401 g/mol. The smallest absolute Gasteiger partial charge is 0.233 e. The monoisotopic (exact) mass is 400 g/mol. The third-order valence-corrected chi connectivity index (χ3v) is 5.48. The molecule has 0 radical (unpaired) electrons. The molecule has 2 heterocycles. The molecule has 1 fully saturated rings. The molecule has 0 unspecified atom stereocenters. The lowest BCUT2D eigenvalue weighted by Crippen LogP contribution is -2.26. The largest absolute Gasteiger partial charge is 0.370 e. The van der Waals surface area contributed by atoms with Crippen LogP contribution >= 0.6 is 0 Å². The van der Waals surface area contributed by atoms with E-state index in [1.807, 2.05) is 36.4 Å². The van der Waals surface area contributed by atoms with Crippen LogP contribution in [0.15, 0.2) is 54.1 Å². The van der Waals surface area contributed by atoms with Gasteiger partial charge in [0.2, 0.25) is 15.9 Å². The van der Waals surface area contributed by atoms with E-state index in [9.17, 15) is 13.2 Å². The van der Waals surface area contributed by atoms with Crippen molar-refractivity contribution in [1.29, 1.82) is 0 Å². The predicted molar refractivity (Wildman–Crippen MR) is 111 cm³/mol. The van der Waals surface area contributed by atoms with Crippen molar-refractivity contribution in [3.05, 3.63) is 59.6 Å². The van der Waals surface area contributed by atoms with Crippen molar-refractivity contribution in [2.24, 2.45) is 0 Å². The van der Waals surface area contributed by atoms with E-state index in [-0.39, 0.29) is 18.9 Å². The average Bonchev–Trinajstić information content (AvgIpc) is 3.23. The number of carbonyl (C=O) groups is 1. The van der Waals surface area contributed by atoms with Gasteiger partial charge in [0.25, 0.3) is 0 Å². The number of nitrogens with one attached hydrogen (secondary N) is 2. The fraction of sp³-hybridized carbons (Fsp3) is 0.300. The highest BCUT2D eigenvalue weighted by molar-refractivity contribution is 7.92. The second-order valence-electron chi connectivity index (χ2n) is 6.55. The van der Waals surface area contributed by atoms with Gasteiger partial charge in [0.05, 0.1) is 11.9 Å². The molecule has 28 heavy (non-hydrogen) atoms. The quantitative estimate of drug-likeness (QED) is 0.711. The molecule has 2 N–H and O–H groups in total. The zero-order valence-corrected chi connectivity index (χ0v) is 16.4. The van der Waals surface area contributed by atoms with E-state index in [1.165, 1.54) is 18.9 Å². The van der Waals surface area contributed by atoms with Gasteiger partial charge in [-0.1, -0.05) is 30.3 Å². The Labute approximate surface area is 165 Å². The molecule has 0 bridgehead atoms. The van der Waals surface area contributed by atoms with Crippen LogP contribution in [0.2, 0.25) is 0 Å². The summed E-state index contributed by atoms with van der Waals surface area (Å²) in [5.41, 5.74) is 1.84. The maximum atomic E-state index is 12.0. The predicted octanol–water partition coefficient (Wildman–Crippen LogP) is 2.60. The van der Waals surface area contributed by atoms with E-state index < -0.39 is 10.0 Å². The van der Waals surface area contributed by atoms with Crippen LogP contribution < -0.4 is 14.9 Å². The molecule has 1 saturated heterocycles. The van der Waals surface area contributed by atoms with Gasteiger partial charge in [-0.25, -0.2) is 18.1 Å². The first kappa shape index (κ1) is 20.0. The second kappa shape index (κ2) is 9.48. The Bertz CT molecular complexity index is 906. The van der Waals surface area contributed by atoms with Gasteiger partial charge in [-0.3, -0.25) is 4.79 Å². The summed E-state index contributed by atoms with van der Waals surface area (Å²) >= 11 is 0. The Morgan fingerprint density at radius 1 is 1.11 bits per heavy atom. The number of sulfonamides is 1. The van der Waals surface area contributed by atoms with Crippen molar-refractivity contribution in [2.75, 3.05) is 29.9 Å². The third-order valence-electron chi connectivity index (χ3n) is 4.38. The van der Waals surface area contributed by atoms with Crippen molar-refractivity contribution < 1.29 is 13.2 Å². The molecule has 1 aliphatic heterocycles. The van der Waals surface area contributed by atoms with Crippen molar-refractivity contribution >= 4 is 33.5 Å². The summed E-state index contributed by atoms with van der Waals surface area (Å²) < 4.78 is 26.3. The minimum atomic E-state index is -3.60. The summed E-state index contributed by atoms with van der Waals surface area (Å²) in [4.78, 5) is 18.5. The number of rotatable bonds is 8. The molecule has 0 aliphatic carbocycles. The summed E-state index contributed by atoms with van der Waals surface area (Å²) in [5.74, 6) is 0.163. The summed E-state index contributed by atoms with van der Waals surface area (Å²) in [6, 6.07) is 12.8. The first-order chi connectivity index (χ1) is 13.5. The molecule has 2 aromatic rings. The van der Waals surface area contributed by atoms with Crippen LogP contribution in [0.1, 0.15) is 24.8 Å². The lowest BCUT2D eigenvalue weighted by atomic mass is 10.2. The van der Waals surface area contributed by atoms with Gasteiger partial charge >= 0.3 is 0 Å². The maximum absolute atomic E-state index is 12.0. The minimum absolute atomic E-state index is 0.0131. The van der Waals surface area contributed by atoms with Crippen LogP contribution in [0.3, 0.4) is 0 Å². The summed E-state index contributed by atoms with van der Waals surface area (Å²) in [7, 11) is -3.60. The molecule has 1 aromatic heterocycles. The number of anilines is 2. The van der Waals surface area contributed by atoms with E-state index in [0.717, 1.165) is 29.7 Å². The van der Waals surface area contributed by atoms with Crippen LogP contribution in [-0.2, 0) is 14.8 Å². The number of carbonyl (C=O) groups excluding carboxylic acids is 1. The first-order valence-corrected chi connectivity index (χ1v) is 10.8. The topological polar surface area (TPSA) is 91.4 Å². The minimum Gasteiger partial charge on any atom is -0.370 e. The van der Waals surface area contributed by atoms with E-state index in [2.05, 4.69) is 19.9 Å². The number of pyridine rings is 1. The Morgan fingerprint density at radius 2 is 1.86 bits per heavy atom. The molecular formula is C20H24N4O3S. The highest BCUT2D eigenvalue weighted by Crippen LogP contribution is 2.20. The van der Waals surface area contributed by atoms with E-state index in [4.69, 9.17) is 0 Å². The van der Waals surface area contributed by atoms with Crippen molar-refractivity contribution in [3.8, 4) is 0 Å². The van der Waals surface area contributed by atoms with Crippen molar-refractivity contribution in [1.82, 2.24) is 9.71 Å². The third kappa shape index (κ3) is 6.17. The molecule has 1 aliphatic rings. The molecule has 3 rings (SSSR count). The lowest BCUT2D eigenvalue weighted by Gasteiger charge is -2.17. The van der Waals surface area contributed by atoms with E-state index >= 15 is 0 Å². The van der Waals surface area contributed by atoms with Crippen LogP contribution in [0, 0.1) is 0 Å².